The molecule has 0 unspecified atom stereocenters. The highest BCUT2D eigenvalue weighted by atomic mass is 79.9. The molecule has 4 heteroatoms. The molecule has 2 rings (SSSR count). The Labute approximate surface area is 122 Å². The van der Waals surface area contributed by atoms with Gasteiger partial charge >= 0.3 is 0 Å². The van der Waals surface area contributed by atoms with Gasteiger partial charge in [0.05, 0.1) is 0 Å². The Hall–Kier alpha value is -1.13. The molecule has 3 nitrogen and oxygen atoms in total. The standard InChI is InChI=1S/C15H19BrN2O/c16-14-4-1-12(2-5-14)3-6-15(19)18-11-13-7-9-17-10-8-13/h1-2,4-5,7,17H,3,6,8-11H2,(H,18,19). The molecule has 102 valence electrons. The lowest BCUT2D eigenvalue weighted by Crippen LogP contribution is -2.29. The minimum atomic E-state index is 0.127. The lowest BCUT2D eigenvalue weighted by atomic mass is 10.1. The van der Waals surface area contributed by atoms with Gasteiger partial charge in [0.15, 0.2) is 0 Å². The fourth-order valence-corrected chi connectivity index (χ4v) is 2.30. The fourth-order valence-electron chi connectivity index (χ4n) is 2.04. The minimum absolute atomic E-state index is 0.127. The molecule has 0 aromatic heterocycles. The Morgan fingerprint density at radius 1 is 1.32 bits per heavy atom. The summed E-state index contributed by atoms with van der Waals surface area (Å²) in [6, 6.07) is 8.11. The quantitative estimate of drug-likeness (QED) is 0.817. The second kappa shape index (κ2) is 7.46. The maximum Gasteiger partial charge on any atom is 0.220 e. The van der Waals surface area contributed by atoms with Crippen LogP contribution in [0.1, 0.15) is 18.4 Å². The number of carbonyl (C=O) groups is 1. The van der Waals surface area contributed by atoms with Crippen molar-refractivity contribution in [3.8, 4) is 0 Å². The number of nitrogens with one attached hydrogen (secondary N) is 2. The van der Waals surface area contributed by atoms with Crippen molar-refractivity contribution in [3.63, 3.8) is 0 Å². The lowest BCUT2D eigenvalue weighted by molar-refractivity contribution is -0.120. The minimum Gasteiger partial charge on any atom is -0.352 e. The van der Waals surface area contributed by atoms with E-state index in [-0.39, 0.29) is 5.91 Å². The molecule has 1 heterocycles. The summed E-state index contributed by atoms with van der Waals surface area (Å²) in [6.07, 6.45) is 4.54. The van der Waals surface area contributed by atoms with Crippen molar-refractivity contribution in [2.45, 2.75) is 19.3 Å². The molecule has 19 heavy (non-hydrogen) atoms. The highest BCUT2D eigenvalue weighted by molar-refractivity contribution is 9.10. The molecule has 0 saturated heterocycles. The molecule has 0 aliphatic carbocycles. The van der Waals surface area contributed by atoms with Gasteiger partial charge in [-0.3, -0.25) is 4.79 Å². The molecular weight excluding hydrogens is 304 g/mol. The Bertz CT molecular complexity index is 454. The zero-order valence-corrected chi connectivity index (χ0v) is 12.5. The first-order valence-electron chi connectivity index (χ1n) is 6.64. The van der Waals surface area contributed by atoms with Gasteiger partial charge < -0.3 is 10.6 Å². The molecule has 0 radical (unpaired) electrons. The van der Waals surface area contributed by atoms with Crippen LogP contribution in [-0.2, 0) is 11.2 Å². The van der Waals surface area contributed by atoms with Crippen molar-refractivity contribution in [3.05, 3.63) is 46.0 Å². The second-order valence-corrected chi connectivity index (χ2v) is 5.64. The van der Waals surface area contributed by atoms with Crippen LogP contribution in [0.4, 0.5) is 0 Å². The van der Waals surface area contributed by atoms with E-state index >= 15 is 0 Å². The summed E-state index contributed by atoms with van der Waals surface area (Å²) in [5, 5.41) is 6.25. The van der Waals surface area contributed by atoms with Gasteiger partial charge in [-0.05, 0) is 37.1 Å². The Morgan fingerprint density at radius 3 is 2.79 bits per heavy atom. The molecule has 0 spiro atoms. The normalized spacial score (nSPS) is 14.9. The van der Waals surface area contributed by atoms with Gasteiger partial charge in [0.25, 0.3) is 0 Å². The zero-order chi connectivity index (χ0) is 13.5. The number of hydrogen-bond acceptors (Lipinski definition) is 2. The van der Waals surface area contributed by atoms with Crippen molar-refractivity contribution in [2.24, 2.45) is 0 Å². The van der Waals surface area contributed by atoms with E-state index in [0.717, 1.165) is 30.4 Å². The fraction of sp³-hybridized carbons (Fsp3) is 0.400. The van der Waals surface area contributed by atoms with Crippen LogP contribution in [-0.4, -0.2) is 25.5 Å². The van der Waals surface area contributed by atoms with Crippen LogP contribution in [0.15, 0.2) is 40.4 Å². The third-order valence-corrected chi connectivity index (χ3v) is 3.75. The van der Waals surface area contributed by atoms with Crippen molar-refractivity contribution in [1.29, 1.82) is 0 Å². The molecule has 1 amide bonds. The smallest absolute Gasteiger partial charge is 0.220 e. The highest BCUT2D eigenvalue weighted by Gasteiger charge is 2.06. The number of aryl methyl sites for hydroxylation is 1. The first-order valence-corrected chi connectivity index (χ1v) is 7.43. The van der Waals surface area contributed by atoms with Gasteiger partial charge in [-0.25, -0.2) is 0 Å². The Kier molecular flexibility index (Phi) is 5.61. The summed E-state index contributed by atoms with van der Waals surface area (Å²) in [4.78, 5) is 11.8. The van der Waals surface area contributed by atoms with E-state index in [1.165, 1.54) is 11.1 Å². The largest absolute Gasteiger partial charge is 0.352 e. The van der Waals surface area contributed by atoms with E-state index in [4.69, 9.17) is 0 Å². The van der Waals surface area contributed by atoms with Crippen LogP contribution < -0.4 is 10.6 Å². The summed E-state index contributed by atoms with van der Waals surface area (Å²) in [6.45, 7) is 2.63. The maximum absolute atomic E-state index is 11.8. The average Bonchev–Trinajstić information content (AvgIpc) is 2.45. The van der Waals surface area contributed by atoms with Gasteiger partial charge in [0.2, 0.25) is 5.91 Å². The second-order valence-electron chi connectivity index (χ2n) is 4.72. The molecule has 1 aliphatic rings. The molecule has 2 N–H and O–H groups in total. The van der Waals surface area contributed by atoms with E-state index in [1.807, 2.05) is 24.3 Å². The molecule has 0 atom stereocenters. The molecule has 0 bridgehead atoms. The summed E-state index contributed by atoms with van der Waals surface area (Å²) in [5.41, 5.74) is 2.52. The number of carbonyl (C=O) groups excluding carboxylic acids is 1. The van der Waals surface area contributed by atoms with Crippen LogP contribution in [0, 0.1) is 0 Å². The maximum atomic E-state index is 11.8. The predicted molar refractivity (Wildman–Crippen MR) is 81.0 cm³/mol. The zero-order valence-electron chi connectivity index (χ0n) is 10.9. The van der Waals surface area contributed by atoms with Gasteiger partial charge in [-0.1, -0.05) is 39.7 Å². The monoisotopic (exact) mass is 322 g/mol. The first-order chi connectivity index (χ1) is 9.24. The van der Waals surface area contributed by atoms with E-state index < -0.39 is 0 Å². The van der Waals surface area contributed by atoms with E-state index in [1.54, 1.807) is 0 Å². The third kappa shape index (κ3) is 5.17. The molecular formula is C15H19BrN2O. The van der Waals surface area contributed by atoms with Crippen molar-refractivity contribution < 1.29 is 4.79 Å². The number of halogens is 1. The number of hydrogen-bond donors (Lipinski definition) is 2. The topological polar surface area (TPSA) is 41.1 Å². The van der Waals surface area contributed by atoms with Crippen molar-refractivity contribution in [1.82, 2.24) is 10.6 Å². The van der Waals surface area contributed by atoms with Crippen LogP contribution in [0.3, 0.4) is 0 Å². The van der Waals surface area contributed by atoms with Gasteiger partial charge in [-0.15, -0.1) is 0 Å². The SMILES string of the molecule is O=C(CCc1ccc(Br)cc1)NCC1=CCNCC1. The molecule has 1 aliphatic heterocycles. The first kappa shape index (κ1) is 14.3. The Morgan fingerprint density at radius 2 is 2.11 bits per heavy atom. The predicted octanol–water partition coefficient (Wildman–Crippen LogP) is 2.42. The lowest BCUT2D eigenvalue weighted by Gasteiger charge is -2.14. The summed E-state index contributed by atoms with van der Waals surface area (Å²) in [5.74, 6) is 0.127. The summed E-state index contributed by atoms with van der Waals surface area (Å²) in [7, 11) is 0. The van der Waals surface area contributed by atoms with Crippen molar-refractivity contribution in [2.75, 3.05) is 19.6 Å². The highest BCUT2D eigenvalue weighted by Crippen LogP contribution is 2.11. The van der Waals surface area contributed by atoms with E-state index in [2.05, 4.69) is 32.6 Å². The Balaban J connectivity index is 1.69. The van der Waals surface area contributed by atoms with E-state index in [0.29, 0.717) is 13.0 Å². The van der Waals surface area contributed by atoms with Crippen LogP contribution in [0.25, 0.3) is 0 Å². The van der Waals surface area contributed by atoms with Crippen molar-refractivity contribution >= 4 is 21.8 Å². The number of rotatable bonds is 5. The van der Waals surface area contributed by atoms with Gasteiger partial charge in [0, 0.05) is 24.0 Å². The number of amides is 1. The molecule has 1 aromatic rings. The summed E-state index contributed by atoms with van der Waals surface area (Å²) < 4.78 is 1.07. The number of benzene rings is 1. The summed E-state index contributed by atoms with van der Waals surface area (Å²) >= 11 is 3.40. The van der Waals surface area contributed by atoms with Gasteiger partial charge in [0.1, 0.15) is 0 Å². The molecule has 0 saturated carbocycles. The van der Waals surface area contributed by atoms with Crippen LogP contribution in [0.5, 0.6) is 0 Å². The molecule has 0 fully saturated rings. The van der Waals surface area contributed by atoms with Crippen LogP contribution >= 0.6 is 15.9 Å². The van der Waals surface area contributed by atoms with Gasteiger partial charge in [-0.2, -0.15) is 0 Å². The third-order valence-electron chi connectivity index (χ3n) is 3.22. The molecule has 1 aromatic carbocycles. The van der Waals surface area contributed by atoms with Crippen LogP contribution in [0.2, 0.25) is 0 Å². The van der Waals surface area contributed by atoms with E-state index in [9.17, 15) is 4.79 Å². The average molecular weight is 323 g/mol.